The van der Waals surface area contributed by atoms with Crippen LogP contribution in [0, 0.1) is 5.92 Å². The summed E-state index contributed by atoms with van der Waals surface area (Å²) in [5, 5.41) is 8.55. The highest BCUT2D eigenvalue weighted by Crippen LogP contribution is 2.25. The minimum Gasteiger partial charge on any atom is -0.348 e. The number of carbonyl (C=O) groups excluding carboxylic acids is 3. The second-order valence-corrected chi connectivity index (χ2v) is 7.47. The predicted molar refractivity (Wildman–Crippen MR) is 114 cm³/mol. The van der Waals surface area contributed by atoms with Gasteiger partial charge in [-0.05, 0) is 48.7 Å². The van der Waals surface area contributed by atoms with E-state index in [-0.39, 0.29) is 23.6 Å². The third-order valence-corrected chi connectivity index (χ3v) is 5.07. The molecule has 152 valence electrons. The van der Waals surface area contributed by atoms with E-state index in [4.69, 9.17) is 0 Å². The van der Waals surface area contributed by atoms with Crippen LogP contribution in [0.3, 0.4) is 0 Å². The Morgan fingerprint density at radius 2 is 1.59 bits per heavy atom. The van der Waals surface area contributed by atoms with Gasteiger partial charge in [-0.2, -0.15) is 0 Å². The molecule has 0 saturated heterocycles. The average molecular weight is 393 g/mol. The number of nitrogens with one attached hydrogen (secondary N) is 3. The molecule has 1 aliphatic rings. The Labute approximate surface area is 171 Å². The highest BCUT2D eigenvalue weighted by molar-refractivity contribution is 5.97. The Hall–Kier alpha value is -3.15. The predicted octanol–water partition coefficient (Wildman–Crippen LogP) is 4.09. The molecule has 1 fully saturated rings. The number of anilines is 2. The Bertz CT molecular complexity index is 888. The SMILES string of the molecule is CC(=O)Nc1cccc(CNC(=O)c2cccc(NC(=O)C3CCCCC3)c2)c1. The lowest BCUT2D eigenvalue weighted by Crippen LogP contribution is -2.25. The minimum absolute atomic E-state index is 0.0389. The van der Waals surface area contributed by atoms with Crippen molar-refractivity contribution in [3.63, 3.8) is 0 Å². The van der Waals surface area contributed by atoms with Gasteiger partial charge in [0.1, 0.15) is 0 Å². The zero-order valence-electron chi connectivity index (χ0n) is 16.7. The van der Waals surface area contributed by atoms with E-state index in [1.54, 1.807) is 30.3 Å². The molecule has 3 N–H and O–H groups in total. The first-order valence-corrected chi connectivity index (χ1v) is 10.1. The van der Waals surface area contributed by atoms with Crippen molar-refractivity contribution in [1.82, 2.24) is 5.32 Å². The maximum Gasteiger partial charge on any atom is 0.251 e. The summed E-state index contributed by atoms with van der Waals surface area (Å²) in [6.45, 7) is 1.79. The van der Waals surface area contributed by atoms with E-state index < -0.39 is 0 Å². The molecule has 0 heterocycles. The van der Waals surface area contributed by atoms with Crippen LogP contribution in [0.5, 0.6) is 0 Å². The lowest BCUT2D eigenvalue weighted by Gasteiger charge is -2.20. The molecule has 6 heteroatoms. The molecule has 0 bridgehead atoms. The Balaban J connectivity index is 1.58. The summed E-state index contributed by atoms with van der Waals surface area (Å²) in [6.07, 6.45) is 5.27. The van der Waals surface area contributed by atoms with Crippen LogP contribution in [0.1, 0.15) is 54.9 Å². The fourth-order valence-corrected chi connectivity index (χ4v) is 3.59. The number of amides is 3. The number of rotatable bonds is 6. The lowest BCUT2D eigenvalue weighted by atomic mass is 9.88. The first-order valence-electron chi connectivity index (χ1n) is 10.1. The van der Waals surface area contributed by atoms with Crippen LogP contribution in [-0.2, 0) is 16.1 Å². The fraction of sp³-hybridized carbons (Fsp3) is 0.348. The van der Waals surface area contributed by atoms with Crippen molar-refractivity contribution in [3.05, 3.63) is 59.7 Å². The second kappa shape index (κ2) is 9.87. The van der Waals surface area contributed by atoms with Gasteiger partial charge in [0.25, 0.3) is 5.91 Å². The van der Waals surface area contributed by atoms with Crippen LogP contribution in [0.15, 0.2) is 48.5 Å². The zero-order valence-corrected chi connectivity index (χ0v) is 16.7. The molecule has 0 spiro atoms. The normalized spacial score (nSPS) is 14.1. The monoisotopic (exact) mass is 393 g/mol. The van der Waals surface area contributed by atoms with Crippen LogP contribution >= 0.6 is 0 Å². The van der Waals surface area contributed by atoms with Crippen molar-refractivity contribution in [2.45, 2.75) is 45.6 Å². The van der Waals surface area contributed by atoms with Crippen LogP contribution in [-0.4, -0.2) is 17.7 Å². The molecule has 1 saturated carbocycles. The van der Waals surface area contributed by atoms with Crippen LogP contribution in [0.4, 0.5) is 11.4 Å². The standard InChI is InChI=1S/C23H27N3O3/c1-16(27)25-20-11-5-7-17(13-20)15-24-22(28)19-10-6-12-21(14-19)26-23(29)18-8-3-2-4-9-18/h5-7,10-14,18H,2-4,8-9,15H2,1H3,(H,24,28)(H,25,27)(H,26,29). The molecular weight excluding hydrogens is 366 g/mol. The highest BCUT2D eigenvalue weighted by Gasteiger charge is 2.21. The van der Waals surface area contributed by atoms with Gasteiger partial charge in [-0.15, -0.1) is 0 Å². The van der Waals surface area contributed by atoms with Gasteiger partial charge in [0.2, 0.25) is 11.8 Å². The third kappa shape index (κ3) is 6.17. The number of hydrogen-bond acceptors (Lipinski definition) is 3. The molecule has 2 aromatic carbocycles. The number of carbonyl (C=O) groups is 3. The first kappa shape index (κ1) is 20.6. The molecule has 6 nitrogen and oxygen atoms in total. The molecule has 3 rings (SSSR count). The Morgan fingerprint density at radius 3 is 2.31 bits per heavy atom. The fourth-order valence-electron chi connectivity index (χ4n) is 3.59. The summed E-state index contributed by atoms with van der Waals surface area (Å²) < 4.78 is 0. The quantitative estimate of drug-likeness (QED) is 0.691. The van der Waals surface area contributed by atoms with Gasteiger partial charge in [0, 0.05) is 36.3 Å². The number of benzene rings is 2. The largest absolute Gasteiger partial charge is 0.348 e. The van der Waals surface area contributed by atoms with Gasteiger partial charge in [0.15, 0.2) is 0 Å². The van der Waals surface area contributed by atoms with E-state index in [0.717, 1.165) is 31.2 Å². The molecule has 29 heavy (non-hydrogen) atoms. The summed E-state index contributed by atoms with van der Waals surface area (Å²) >= 11 is 0. The molecule has 3 amide bonds. The summed E-state index contributed by atoms with van der Waals surface area (Å²) in [4.78, 5) is 36.1. The van der Waals surface area contributed by atoms with Crippen LogP contribution in [0.25, 0.3) is 0 Å². The maximum atomic E-state index is 12.5. The topological polar surface area (TPSA) is 87.3 Å². The average Bonchev–Trinajstić information content (AvgIpc) is 2.72. The van der Waals surface area contributed by atoms with Crippen molar-refractivity contribution < 1.29 is 14.4 Å². The van der Waals surface area contributed by atoms with E-state index in [1.807, 2.05) is 18.2 Å². The number of hydrogen-bond donors (Lipinski definition) is 3. The van der Waals surface area contributed by atoms with Gasteiger partial charge in [-0.1, -0.05) is 37.5 Å². The van der Waals surface area contributed by atoms with Crippen molar-refractivity contribution >= 4 is 29.1 Å². The van der Waals surface area contributed by atoms with E-state index in [0.29, 0.717) is 23.5 Å². The smallest absolute Gasteiger partial charge is 0.251 e. The second-order valence-electron chi connectivity index (χ2n) is 7.47. The molecule has 1 aliphatic carbocycles. The van der Waals surface area contributed by atoms with E-state index in [9.17, 15) is 14.4 Å². The molecule has 0 aliphatic heterocycles. The van der Waals surface area contributed by atoms with Crippen LogP contribution in [0.2, 0.25) is 0 Å². The summed E-state index contributed by atoms with van der Waals surface area (Å²) in [5.74, 6) is -0.254. The van der Waals surface area contributed by atoms with Gasteiger partial charge >= 0.3 is 0 Å². The van der Waals surface area contributed by atoms with Crippen molar-refractivity contribution in [2.75, 3.05) is 10.6 Å². The molecule has 2 aromatic rings. The van der Waals surface area contributed by atoms with Crippen LogP contribution < -0.4 is 16.0 Å². The summed E-state index contributed by atoms with van der Waals surface area (Å²) in [7, 11) is 0. The van der Waals surface area contributed by atoms with Gasteiger partial charge < -0.3 is 16.0 Å². The highest BCUT2D eigenvalue weighted by atomic mass is 16.2. The first-order chi connectivity index (χ1) is 14.0. The zero-order chi connectivity index (χ0) is 20.6. The van der Waals surface area contributed by atoms with Crippen molar-refractivity contribution in [1.29, 1.82) is 0 Å². The Morgan fingerprint density at radius 1 is 0.897 bits per heavy atom. The molecule has 0 unspecified atom stereocenters. The summed E-state index contributed by atoms with van der Waals surface area (Å²) in [6, 6.07) is 14.3. The molecule has 0 radical (unpaired) electrons. The van der Waals surface area contributed by atoms with E-state index >= 15 is 0 Å². The third-order valence-electron chi connectivity index (χ3n) is 5.07. The molecule has 0 atom stereocenters. The minimum atomic E-state index is -0.219. The maximum absolute atomic E-state index is 12.5. The van der Waals surface area contributed by atoms with E-state index in [2.05, 4.69) is 16.0 Å². The molecule has 0 aromatic heterocycles. The summed E-state index contributed by atoms with van der Waals surface area (Å²) in [5.41, 5.74) is 2.70. The van der Waals surface area contributed by atoms with Gasteiger partial charge in [0.05, 0.1) is 0 Å². The van der Waals surface area contributed by atoms with Crippen molar-refractivity contribution in [3.8, 4) is 0 Å². The lowest BCUT2D eigenvalue weighted by molar-refractivity contribution is -0.120. The van der Waals surface area contributed by atoms with Crippen molar-refractivity contribution in [2.24, 2.45) is 5.92 Å². The van der Waals surface area contributed by atoms with Gasteiger partial charge in [-0.3, -0.25) is 14.4 Å². The molecular formula is C23H27N3O3. The Kier molecular flexibility index (Phi) is 7.00. The van der Waals surface area contributed by atoms with Gasteiger partial charge in [-0.25, -0.2) is 0 Å². The van der Waals surface area contributed by atoms with E-state index in [1.165, 1.54) is 13.3 Å².